The summed E-state index contributed by atoms with van der Waals surface area (Å²) < 4.78 is 6.16. The molecule has 1 atom stereocenters. The number of benzene rings is 2. The Bertz CT molecular complexity index is 542. The van der Waals surface area contributed by atoms with E-state index in [1.807, 2.05) is 24.3 Å². The van der Waals surface area contributed by atoms with Gasteiger partial charge in [-0.15, -0.1) is 0 Å². The number of aliphatic hydroxyl groups is 1. The standard InChI is InChI=1S/C17H22O2/c1-4-14(5-2)19-17-15(12(3)18)11-10-13-8-6-7-9-16(13)17/h6-12,14,18H,4-5H2,1-3H3/t12-/m1/s1. The van der Waals surface area contributed by atoms with E-state index in [0.717, 1.165) is 34.9 Å². The molecule has 0 bridgehead atoms. The summed E-state index contributed by atoms with van der Waals surface area (Å²) >= 11 is 0. The Hall–Kier alpha value is -1.54. The van der Waals surface area contributed by atoms with Crippen LogP contribution in [-0.4, -0.2) is 11.2 Å². The number of hydrogen-bond acceptors (Lipinski definition) is 2. The zero-order chi connectivity index (χ0) is 13.8. The first-order chi connectivity index (χ1) is 9.17. The van der Waals surface area contributed by atoms with Crippen LogP contribution < -0.4 is 4.74 Å². The van der Waals surface area contributed by atoms with Gasteiger partial charge in [-0.1, -0.05) is 50.2 Å². The van der Waals surface area contributed by atoms with E-state index in [0.29, 0.717) is 0 Å². The van der Waals surface area contributed by atoms with E-state index >= 15 is 0 Å². The first-order valence-electron chi connectivity index (χ1n) is 7.03. The number of ether oxygens (including phenoxy) is 1. The molecular weight excluding hydrogens is 236 g/mol. The molecule has 19 heavy (non-hydrogen) atoms. The van der Waals surface area contributed by atoms with Gasteiger partial charge in [-0.2, -0.15) is 0 Å². The van der Waals surface area contributed by atoms with Crippen LogP contribution in [0, 0.1) is 0 Å². The van der Waals surface area contributed by atoms with Gasteiger partial charge in [-0.05, 0) is 25.2 Å². The van der Waals surface area contributed by atoms with Crippen LogP contribution in [-0.2, 0) is 0 Å². The Morgan fingerprint density at radius 3 is 2.37 bits per heavy atom. The lowest BCUT2D eigenvalue weighted by molar-refractivity contribution is 0.168. The summed E-state index contributed by atoms with van der Waals surface area (Å²) in [4.78, 5) is 0. The molecule has 2 aromatic carbocycles. The molecule has 0 aromatic heterocycles. The summed E-state index contributed by atoms with van der Waals surface area (Å²) in [6.45, 7) is 6.03. The maximum Gasteiger partial charge on any atom is 0.133 e. The van der Waals surface area contributed by atoms with Gasteiger partial charge in [0.15, 0.2) is 0 Å². The van der Waals surface area contributed by atoms with Crippen molar-refractivity contribution in [1.82, 2.24) is 0 Å². The second-order valence-corrected chi connectivity index (χ2v) is 4.94. The fraction of sp³-hybridized carbons (Fsp3) is 0.412. The minimum Gasteiger partial charge on any atom is -0.489 e. The zero-order valence-electron chi connectivity index (χ0n) is 11.9. The summed E-state index contributed by atoms with van der Waals surface area (Å²) in [6, 6.07) is 12.2. The molecule has 1 N–H and O–H groups in total. The van der Waals surface area contributed by atoms with Crippen molar-refractivity contribution in [2.24, 2.45) is 0 Å². The second kappa shape index (κ2) is 6.07. The van der Waals surface area contributed by atoms with Crippen LogP contribution in [0.25, 0.3) is 10.8 Å². The summed E-state index contributed by atoms with van der Waals surface area (Å²) in [5, 5.41) is 12.2. The second-order valence-electron chi connectivity index (χ2n) is 4.94. The van der Waals surface area contributed by atoms with Gasteiger partial charge in [-0.25, -0.2) is 0 Å². The Balaban J connectivity index is 2.55. The van der Waals surface area contributed by atoms with Crippen molar-refractivity contribution in [2.45, 2.75) is 45.8 Å². The van der Waals surface area contributed by atoms with E-state index in [1.165, 1.54) is 0 Å². The van der Waals surface area contributed by atoms with Crippen LogP contribution >= 0.6 is 0 Å². The number of rotatable bonds is 5. The van der Waals surface area contributed by atoms with Gasteiger partial charge in [0.1, 0.15) is 5.75 Å². The maximum atomic E-state index is 9.94. The fourth-order valence-electron chi connectivity index (χ4n) is 2.34. The Morgan fingerprint density at radius 1 is 1.05 bits per heavy atom. The van der Waals surface area contributed by atoms with E-state index in [2.05, 4.69) is 26.0 Å². The Kier molecular flexibility index (Phi) is 4.43. The highest BCUT2D eigenvalue weighted by atomic mass is 16.5. The van der Waals surface area contributed by atoms with Gasteiger partial charge < -0.3 is 9.84 Å². The van der Waals surface area contributed by atoms with E-state index in [1.54, 1.807) is 6.92 Å². The van der Waals surface area contributed by atoms with Crippen LogP contribution in [0.15, 0.2) is 36.4 Å². The lowest BCUT2D eigenvalue weighted by Gasteiger charge is -2.21. The van der Waals surface area contributed by atoms with Crippen molar-refractivity contribution in [2.75, 3.05) is 0 Å². The lowest BCUT2D eigenvalue weighted by Crippen LogP contribution is -2.15. The monoisotopic (exact) mass is 258 g/mol. The predicted octanol–water partition coefficient (Wildman–Crippen LogP) is 4.46. The van der Waals surface area contributed by atoms with Crippen LogP contribution in [0.4, 0.5) is 0 Å². The van der Waals surface area contributed by atoms with Gasteiger partial charge in [0.05, 0.1) is 12.2 Å². The molecule has 102 valence electrons. The average Bonchev–Trinajstić information content (AvgIpc) is 2.44. The minimum absolute atomic E-state index is 0.198. The largest absolute Gasteiger partial charge is 0.489 e. The van der Waals surface area contributed by atoms with Gasteiger partial charge in [0, 0.05) is 10.9 Å². The Labute approximate surface area is 115 Å². The predicted molar refractivity (Wildman–Crippen MR) is 79.6 cm³/mol. The molecule has 0 aliphatic heterocycles. The topological polar surface area (TPSA) is 29.5 Å². The van der Waals surface area contributed by atoms with Crippen molar-refractivity contribution in [3.8, 4) is 5.75 Å². The molecule has 0 fully saturated rings. The summed E-state index contributed by atoms with van der Waals surface area (Å²) in [5.41, 5.74) is 0.866. The Morgan fingerprint density at radius 2 is 1.74 bits per heavy atom. The molecule has 0 heterocycles. The molecule has 2 heteroatoms. The molecule has 0 spiro atoms. The highest BCUT2D eigenvalue weighted by Crippen LogP contribution is 2.34. The normalized spacial score (nSPS) is 12.9. The first kappa shape index (κ1) is 13.9. The minimum atomic E-state index is -0.519. The quantitative estimate of drug-likeness (QED) is 0.858. The van der Waals surface area contributed by atoms with Crippen molar-refractivity contribution in [3.05, 3.63) is 42.0 Å². The molecule has 0 amide bonds. The summed E-state index contributed by atoms with van der Waals surface area (Å²) in [5.74, 6) is 0.835. The van der Waals surface area contributed by atoms with Crippen LogP contribution in [0.3, 0.4) is 0 Å². The van der Waals surface area contributed by atoms with Gasteiger partial charge in [0.2, 0.25) is 0 Å². The molecule has 0 aliphatic carbocycles. The van der Waals surface area contributed by atoms with Crippen LogP contribution in [0.1, 0.15) is 45.3 Å². The molecule has 2 aromatic rings. The van der Waals surface area contributed by atoms with Crippen molar-refractivity contribution < 1.29 is 9.84 Å². The highest BCUT2D eigenvalue weighted by molar-refractivity contribution is 5.89. The summed E-state index contributed by atoms with van der Waals surface area (Å²) in [7, 11) is 0. The summed E-state index contributed by atoms with van der Waals surface area (Å²) in [6.07, 6.45) is 1.62. The van der Waals surface area contributed by atoms with E-state index < -0.39 is 6.10 Å². The SMILES string of the molecule is CCC(CC)Oc1c([C@@H](C)O)ccc2ccccc12. The van der Waals surface area contributed by atoms with Crippen LogP contribution in [0.2, 0.25) is 0 Å². The molecule has 0 saturated heterocycles. The fourth-order valence-corrected chi connectivity index (χ4v) is 2.34. The third-order valence-corrected chi connectivity index (χ3v) is 3.56. The van der Waals surface area contributed by atoms with E-state index in [4.69, 9.17) is 4.74 Å². The molecule has 0 radical (unpaired) electrons. The number of fused-ring (bicyclic) bond motifs is 1. The van der Waals surface area contributed by atoms with Gasteiger partial charge in [0.25, 0.3) is 0 Å². The maximum absolute atomic E-state index is 9.94. The third-order valence-electron chi connectivity index (χ3n) is 3.56. The number of hydrogen-bond donors (Lipinski definition) is 1. The zero-order valence-corrected chi connectivity index (χ0v) is 11.9. The highest BCUT2D eigenvalue weighted by Gasteiger charge is 2.15. The van der Waals surface area contributed by atoms with Crippen LogP contribution in [0.5, 0.6) is 5.75 Å². The first-order valence-corrected chi connectivity index (χ1v) is 7.03. The van der Waals surface area contributed by atoms with Gasteiger partial charge in [-0.3, -0.25) is 0 Å². The van der Waals surface area contributed by atoms with Gasteiger partial charge >= 0.3 is 0 Å². The van der Waals surface area contributed by atoms with Crippen molar-refractivity contribution >= 4 is 10.8 Å². The molecule has 2 nitrogen and oxygen atoms in total. The molecule has 0 aliphatic rings. The average molecular weight is 258 g/mol. The lowest BCUT2D eigenvalue weighted by atomic mass is 10.0. The van der Waals surface area contributed by atoms with Crippen molar-refractivity contribution in [1.29, 1.82) is 0 Å². The molecule has 0 saturated carbocycles. The van der Waals surface area contributed by atoms with E-state index in [9.17, 15) is 5.11 Å². The molecule has 0 unspecified atom stereocenters. The molecular formula is C17H22O2. The number of aliphatic hydroxyl groups excluding tert-OH is 1. The van der Waals surface area contributed by atoms with E-state index in [-0.39, 0.29) is 6.10 Å². The third kappa shape index (κ3) is 2.90. The molecule has 2 rings (SSSR count). The van der Waals surface area contributed by atoms with Crippen molar-refractivity contribution in [3.63, 3.8) is 0 Å². The smallest absolute Gasteiger partial charge is 0.133 e.